The Morgan fingerprint density at radius 3 is 2.73 bits per heavy atom. The van der Waals surface area contributed by atoms with Crippen LogP contribution in [0.15, 0.2) is 16.3 Å². The van der Waals surface area contributed by atoms with Gasteiger partial charge in [0.25, 0.3) is 0 Å². The number of hydrogen-bond acceptors (Lipinski definition) is 5. The van der Waals surface area contributed by atoms with E-state index < -0.39 is 10.0 Å². The van der Waals surface area contributed by atoms with Crippen LogP contribution in [0.3, 0.4) is 0 Å². The third-order valence-electron chi connectivity index (χ3n) is 3.63. The van der Waals surface area contributed by atoms with Crippen molar-refractivity contribution in [3.05, 3.63) is 17.0 Å². The maximum Gasteiger partial charge on any atom is 0.249 e. The zero-order chi connectivity index (χ0) is 16.0. The Hall–Kier alpha value is -0.960. The van der Waals surface area contributed by atoms with E-state index in [-0.39, 0.29) is 22.8 Å². The zero-order valence-electron chi connectivity index (χ0n) is 12.6. The number of nitrogens with one attached hydrogen (secondary N) is 2. The molecule has 1 saturated carbocycles. The second-order valence-electron chi connectivity index (χ2n) is 5.28. The molecule has 1 aliphatic carbocycles. The van der Waals surface area contributed by atoms with Crippen molar-refractivity contribution in [1.29, 1.82) is 0 Å². The van der Waals surface area contributed by atoms with Crippen LogP contribution < -0.4 is 10.0 Å². The van der Waals surface area contributed by atoms with Gasteiger partial charge in [-0.25, -0.2) is 13.1 Å². The van der Waals surface area contributed by atoms with Crippen LogP contribution in [0.4, 0.5) is 0 Å². The van der Waals surface area contributed by atoms with E-state index in [4.69, 9.17) is 4.74 Å². The maximum absolute atomic E-state index is 11.8. The van der Waals surface area contributed by atoms with Crippen molar-refractivity contribution in [2.75, 3.05) is 13.7 Å². The number of hydrogen-bond donors (Lipinski definition) is 2. The molecule has 1 aromatic heterocycles. The standard InChI is InChI=1S/C14H22N2O4S2/c1-15-22(18,19)14-8-7-12(21-14)9-16-13(17)10-20-11-5-3-2-4-6-11/h7-8,11,15H,2-6,9-10H2,1H3,(H,16,17). The summed E-state index contributed by atoms with van der Waals surface area (Å²) in [6.07, 6.45) is 5.86. The van der Waals surface area contributed by atoms with Gasteiger partial charge < -0.3 is 10.1 Å². The first-order valence-corrected chi connectivity index (χ1v) is 9.72. The van der Waals surface area contributed by atoms with Gasteiger partial charge in [0, 0.05) is 4.88 Å². The summed E-state index contributed by atoms with van der Waals surface area (Å²) in [6.45, 7) is 0.383. The normalized spacial score (nSPS) is 16.6. The summed E-state index contributed by atoms with van der Waals surface area (Å²) >= 11 is 1.15. The van der Waals surface area contributed by atoms with Gasteiger partial charge in [-0.15, -0.1) is 11.3 Å². The zero-order valence-corrected chi connectivity index (χ0v) is 14.3. The summed E-state index contributed by atoms with van der Waals surface area (Å²) in [5.41, 5.74) is 0. The minimum Gasteiger partial charge on any atom is -0.368 e. The summed E-state index contributed by atoms with van der Waals surface area (Å²) in [6, 6.07) is 3.24. The fourth-order valence-electron chi connectivity index (χ4n) is 2.36. The van der Waals surface area contributed by atoms with E-state index in [1.54, 1.807) is 6.07 Å². The van der Waals surface area contributed by atoms with Crippen LogP contribution in [0.25, 0.3) is 0 Å². The van der Waals surface area contributed by atoms with Crippen LogP contribution in [0.2, 0.25) is 0 Å². The van der Waals surface area contributed by atoms with Crippen molar-refractivity contribution in [1.82, 2.24) is 10.0 Å². The van der Waals surface area contributed by atoms with Gasteiger partial charge in [0.15, 0.2) is 0 Å². The molecule has 0 unspecified atom stereocenters. The molecule has 0 bridgehead atoms. The lowest BCUT2D eigenvalue weighted by Gasteiger charge is -2.21. The molecule has 8 heteroatoms. The number of thiophene rings is 1. The van der Waals surface area contributed by atoms with Gasteiger partial charge in [-0.2, -0.15) is 0 Å². The summed E-state index contributed by atoms with van der Waals surface area (Å²) in [4.78, 5) is 12.5. The quantitative estimate of drug-likeness (QED) is 0.786. The van der Waals surface area contributed by atoms with Crippen LogP contribution in [0, 0.1) is 0 Å². The Bertz CT molecular complexity index is 592. The van der Waals surface area contributed by atoms with Crippen molar-refractivity contribution >= 4 is 27.3 Å². The average Bonchev–Trinajstić information content (AvgIpc) is 3.02. The Balaban J connectivity index is 1.74. The van der Waals surface area contributed by atoms with E-state index in [1.807, 2.05) is 0 Å². The van der Waals surface area contributed by atoms with E-state index >= 15 is 0 Å². The van der Waals surface area contributed by atoms with E-state index in [0.29, 0.717) is 6.54 Å². The van der Waals surface area contributed by atoms with Crippen LogP contribution in [0.1, 0.15) is 37.0 Å². The van der Waals surface area contributed by atoms with Crippen LogP contribution in [-0.4, -0.2) is 34.1 Å². The van der Waals surface area contributed by atoms with Gasteiger partial charge in [-0.1, -0.05) is 19.3 Å². The third-order valence-corrected chi connectivity index (χ3v) is 6.62. The summed E-state index contributed by atoms with van der Waals surface area (Å²) in [7, 11) is -2.04. The van der Waals surface area contributed by atoms with Gasteiger partial charge in [-0.3, -0.25) is 4.79 Å². The molecule has 0 radical (unpaired) electrons. The molecule has 0 aromatic carbocycles. The number of sulfonamides is 1. The van der Waals surface area contributed by atoms with Crippen molar-refractivity contribution < 1.29 is 17.9 Å². The predicted octanol–water partition coefficient (Wildman–Crippen LogP) is 1.62. The molecule has 6 nitrogen and oxygen atoms in total. The van der Waals surface area contributed by atoms with Gasteiger partial charge in [0.05, 0.1) is 12.6 Å². The van der Waals surface area contributed by atoms with Gasteiger partial charge >= 0.3 is 0 Å². The Morgan fingerprint density at radius 2 is 2.05 bits per heavy atom. The highest BCUT2D eigenvalue weighted by Crippen LogP contribution is 2.21. The number of ether oxygens (including phenoxy) is 1. The molecule has 2 N–H and O–H groups in total. The van der Waals surface area contributed by atoms with Crippen LogP contribution in [0.5, 0.6) is 0 Å². The van der Waals surface area contributed by atoms with E-state index in [9.17, 15) is 13.2 Å². The largest absolute Gasteiger partial charge is 0.368 e. The first kappa shape index (κ1) is 17.4. The molecular weight excluding hydrogens is 324 g/mol. The van der Waals surface area contributed by atoms with E-state index in [2.05, 4.69) is 10.0 Å². The highest BCUT2D eigenvalue weighted by Gasteiger charge is 2.16. The molecule has 1 fully saturated rings. The molecule has 1 heterocycles. The topological polar surface area (TPSA) is 84.5 Å². The second-order valence-corrected chi connectivity index (χ2v) is 8.56. The molecule has 0 aliphatic heterocycles. The monoisotopic (exact) mass is 346 g/mol. The SMILES string of the molecule is CNS(=O)(=O)c1ccc(CNC(=O)COC2CCCCC2)s1. The summed E-state index contributed by atoms with van der Waals surface area (Å²) < 4.78 is 31.4. The van der Waals surface area contributed by atoms with Crippen LogP contribution in [-0.2, 0) is 26.1 Å². The minimum absolute atomic E-state index is 0.0672. The fourth-order valence-corrected chi connectivity index (χ4v) is 4.49. The van der Waals surface area contributed by atoms with E-state index in [0.717, 1.165) is 29.1 Å². The molecular formula is C14H22N2O4S2. The lowest BCUT2D eigenvalue weighted by Crippen LogP contribution is -2.29. The van der Waals surface area contributed by atoms with Crippen molar-refractivity contribution in [2.24, 2.45) is 0 Å². The Kier molecular flexibility index (Phi) is 6.37. The smallest absolute Gasteiger partial charge is 0.249 e. The average molecular weight is 346 g/mol. The molecule has 0 atom stereocenters. The minimum atomic E-state index is -3.41. The van der Waals surface area contributed by atoms with Gasteiger partial charge in [-0.05, 0) is 32.0 Å². The van der Waals surface area contributed by atoms with Crippen molar-refractivity contribution in [3.8, 4) is 0 Å². The first-order chi connectivity index (χ1) is 10.5. The molecule has 1 aliphatic rings. The second kappa shape index (κ2) is 8.05. The van der Waals surface area contributed by atoms with E-state index in [1.165, 1.54) is 32.4 Å². The lowest BCUT2D eigenvalue weighted by molar-refractivity contribution is -0.128. The number of amides is 1. The maximum atomic E-state index is 11.8. The molecule has 22 heavy (non-hydrogen) atoms. The molecule has 1 aromatic rings. The fraction of sp³-hybridized carbons (Fsp3) is 0.643. The summed E-state index contributed by atoms with van der Waals surface area (Å²) in [5, 5.41) is 2.75. The lowest BCUT2D eigenvalue weighted by atomic mass is 9.98. The first-order valence-electron chi connectivity index (χ1n) is 7.42. The molecule has 124 valence electrons. The Labute approximate surface area is 135 Å². The molecule has 0 spiro atoms. The third kappa shape index (κ3) is 5.05. The number of rotatable bonds is 7. The highest BCUT2D eigenvalue weighted by atomic mass is 32.2. The summed E-state index contributed by atoms with van der Waals surface area (Å²) in [5.74, 6) is -0.169. The predicted molar refractivity (Wildman–Crippen MR) is 85.2 cm³/mol. The molecule has 2 rings (SSSR count). The van der Waals surface area contributed by atoms with Gasteiger partial charge in [0.2, 0.25) is 15.9 Å². The molecule has 1 amide bonds. The number of carbonyl (C=O) groups excluding carboxylic acids is 1. The number of carbonyl (C=O) groups is 1. The van der Waals surface area contributed by atoms with Crippen molar-refractivity contribution in [3.63, 3.8) is 0 Å². The highest BCUT2D eigenvalue weighted by molar-refractivity contribution is 7.91. The molecule has 0 saturated heterocycles. The van der Waals surface area contributed by atoms with Crippen LogP contribution >= 0.6 is 11.3 Å². The van der Waals surface area contributed by atoms with Gasteiger partial charge in [0.1, 0.15) is 10.8 Å². The van der Waals surface area contributed by atoms with Crippen molar-refractivity contribution in [2.45, 2.75) is 49.0 Å². The Morgan fingerprint density at radius 1 is 1.32 bits per heavy atom.